The van der Waals surface area contributed by atoms with E-state index < -0.39 is 5.97 Å². The SMILES string of the molecule is CCN1CCC(N(C)C(=O)c2ncccc2C(=O)O)CC1. The van der Waals surface area contributed by atoms with Crippen molar-refractivity contribution in [2.24, 2.45) is 0 Å². The van der Waals surface area contributed by atoms with Crippen LogP contribution in [0.15, 0.2) is 18.3 Å². The van der Waals surface area contributed by atoms with Crippen molar-refractivity contribution in [3.8, 4) is 0 Å². The van der Waals surface area contributed by atoms with Gasteiger partial charge < -0.3 is 14.9 Å². The maximum atomic E-state index is 12.5. The van der Waals surface area contributed by atoms with E-state index in [-0.39, 0.29) is 23.2 Å². The average Bonchev–Trinajstić information content (AvgIpc) is 2.53. The molecule has 0 spiro atoms. The van der Waals surface area contributed by atoms with Crippen LogP contribution in [0.25, 0.3) is 0 Å². The van der Waals surface area contributed by atoms with E-state index in [1.54, 1.807) is 11.9 Å². The fourth-order valence-corrected chi connectivity index (χ4v) is 2.70. The summed E-state index contributed by atoms with van der Waals surface area (Å²) in [5.74, 6) is -1.44. The summed E-state index contributed by atoms with van der Waals surface area (Å²) in [6.07, 6.45) is 3.27. The van der Waals surface area contributed by atoms with Gasteiger partial charge in [0.15, 0.2) is 0 Å². The zero-order chi connectivity index (χ0) is 15.4. The van der Waals surface area contributed by atoms with Crippen LogP contribution in [0.1, 0.15) is 40.6 Å². The molecule has 114 valence electrons. The predicted molar refractivity (Wildman–Crippen MR) is 78.4 cm³/mol. The summed E-state index contributed by atoms with van der Waals surface area (Å²) in [6, 6.07) is 3.08. The number of amides is 1. The molecule has 0 bridgehead atoms. The highest BCUT2D eigenvalue weighted by Gasteiger charge is 2.28. The van der Waals surface area contributed by atoms with Gasteiger partial charge in [0.1, 0.15) is 5.69 Å². The molecule has 0 aromatic carbocycles. The van der Waals surface area contributed by atoms with Crippen LogP contribution < -0.4 is 0 Å². The summed E-state index contributed by atoms with van der Waals surface area (Å²) in [6.45, 7) is 5.08. The topological polar surface area (TPSA) is 73.7 Å². The van der Waals surface area contributed by atoms with Crippen LogP contribution in [0.5, 0.6) is 0 Å². The summed E-state index contributed by atoms with van der Waals surface area (Å²) in [5, 5.41) is 9.16. The maximum Gasteiger partial charge on any atom is 0.338 e. The Kier molecular flexibility index (Phi) is 4.90. The number of carbonyl (C=O) groups excluding carboxylic acids is 1. The number of piperidine rings is 1. The number of hydrogen-bond acceptors (Lipinski definition) is 4. The number of hydrogen-bond donors (Lipinski definition) is 1. The fourth-order valence-electron chi connectivity index (χ4n) is 2.70. The molecular formula is C15H21N3O3. The number of likely N-dealkylation sites (tertiary alicyclic amines) is 1. The van der Waals surface area contributed by atoms with Gasteiger partial charge in [-0.2, -0.15) is 0 Å². The summed E-state index contributed by atoms with van der Waals surface area (Å²) in [7, 11) is 1.73. The van der Waals surface area contributed by atoms with Crippen LogP contribution in [-0.4, -0.2) is 64.5 Å². The normalized spacial score (nSPS) is 16.7. The molecule has 1 aromatic rings. The summed E-state index contributed by atoms with van der Waals surface area (Å²) in [5.41, 5.74) is -0.0224. The Morgan fingerprint density at radius 1 is 1.43 bits per heavy atom. The van der Waals surface area contributed by atoms with Crippen LogP contribution in [0.2, 0.25) is 0 Å². The number of rotatable bonds is 4. The van der Waals surface area contributed by atoms with Crippen LogP contribution >= 0.6 is 0 Å². The Labute approximate surface area is 124 Å². The zero-order valence-corrected chi connectivity index (χ0v) is 12.5. The number of nitrogens with zero attached hydrogens (tertiary/aromatic N) is 3. The number of aromatic nitrogens is 1. The second-order valence-corrected chi connectivity index (χ2v) is 5.29. The minimum absolute atomic E-state index is 0.0189. The van der Waals surface area contributed by atoms with E-state index in [1.165, 1.54) is 18.3 Å². The highest BCUT2D eigenvalue weighted by atomic mass is 16.4. The van der Waals surface area contributed by atoms with Gasteiger partial charge in [0, 0.05) is 32.4 Å². The Morgan fingerprint density at radius 3 is 2.67 bits per heavy atom. The van der Waals surface area contributed by atoms with Crippen molar-refractivity contribution in [3.05, 3.63) is 29.6 Å². The van der Waals surface area contributed by atoms with Crippen molar-refractivity contribution in [3.63, 3.8) is 0 Å². The predicted octanol–water partition coefficient (Wildman–Crippen LogP) is 1.34. The first-order valence-corrected chi connectivity index (χ1v) is 7.22. The molecule has 1 aliphatic rings. The Bertz CT molecular complexity index is 525. The second-order valence-electron chi connectivity index (χ2n) is 5.29. The van der Waals surface area contributed by atoms with Gasteiger partial charge in [-0.05, 0) is 31.5 Å². The van der Waals surface area contributed by atoms with E-state index in [4.69, 9.17) is 5.11 Å². The van der Waals surface area contributed by atoms with Crippen molar-refractivity contribution in [2.75, 3.05) is 26.7 Å². The van der Waals surface area contributed by atoms with Gasteiger partial charge in [-0.25, -0.2) is 4.79 Å². The minimum Gasteiger partial charge on any atom is -0.478 e. The summed E-state index contributed by atoms with van der Waals surface area (Å²) < 4.78 is 0. The Hall–Kier alpha value is -1.95. The zero-order valence-electron chi connectivity index (χ0n) is 12.5. The number of carboxylic acid groups (broad SMARTS) is 1. The van der Waals surface area contributed by atoms with Crippen molar-refractivity contribution in [2.45, 2.75) is 25.8 Å². The van der Waals surface area contributed by atoms with Crippen LogP contribution in [-0.2, 0) is 0 Å². The smallest absolute Gasteiger partial charge is 0.338 e. The van der Waals surface area contributed by atoms with Crippen molar-refractivity contribution < 1.29 is 14.7 Å². The monoisotopic (exact) mass is 291 g/mol. The first-order valence-electron chi connectivity index (χ1n) is 7.22. The lowest BCUT2D eigenvalue weighted by Crippen LogP contribution is -2.45. The molecule has 1 saturated heterocycles. The Balaban J connectivity index is 2.11. The number of pyridine rings is 1. The quantitative estimate of drug-likeness (QED) is 0.906. The van der Waals surface area contributed by atoms with Gasteiger partial charge in [-0.1, -0.05) is 6.92 Å². The Morgan fingerprint density at radius 2 is 2.10 bits per heavy atom. The molecule has 1 fully saturated rings. The van der Waals surface area contributed by atoms with Crippen LogP contribution in [0.4, 0.5) is 0 Å². The molecule has 0 atom stereocenters. The first kappa shape index (κ1) is 15.4. The summed E-state index contributed by atoms with van der Waals surface area (Å²) in [4.78, 5) is 31.6. The number of aromatic carboxylic acids is 1. The number of carbonyl (C=O) groups is 2. The van der Waals surface area contributed by atoms with Crippen LogP contribution in [0, 0.1) is 0 Å². The molecule has 21 heavy (non-hydrogen) atoms. The molecule has 2 heterocycles. The molecular weight excluding hydrogens is 270 g/mol. The third-order valence-corrected chi connectivity index (χ3v) is 4.11. The van der Waals surface area contributed by atoms with Crippen molar-refractivity contribution in [1.29, 1.82) is 0 Å². The van der Waals surface area contributed by atoms with E-state index in [2.05, 4.69) is 16.8 Å². The third kappa shape index (κ3) is 3.39. The largest absolute Gasteiger partial charge is 0.478 e. The molecule has 2 rings (SSSR count). The van der Waals surface area contributed by atoms with Gasteiger partial charge in [0.05, 0.1) is 5.56 Å². The average molecular weight is 291 g/mol. The number of carboxylic acids is 1. The molecule has 0 saturated carbocycles. The van der Waals surface area contributed by atoms with Crippen molar-refractivity contribution in [1.82, 2.24) is 14.8 Å². The van der Waals surface area contributed by atoms with Gasteiger partial charge in [0.2, 0.25) is 0 Å². The lowest BCUT2D eigenvalue weighted by atomic mass is 10.0. The highest BCUT2D eigenvalue weighted by Crippen LogP contribution is 2.18. The summed E-state index contributed by atoms with van der Waals surface area (Å²) >= 11 is 0. The molecule has 1 aromatic heterocycles. The van der Waals surface area contributed by atoms with E-state index >= 15 is 0 Å². The van der Waals surface area contributed by atoms with E-state index in [0.717, 1.165) is 32.5 Å². The molecule has 1 N–H and O–H groups in total. The van der Waals surface area contributed by atoms with Gasteiger partial charge >= 0.3 is 5.97 Å². The first-order chi connectivity index (χ1) is 10.0. The van der Waals surface area contributed by atoms with E-state index in [1.807, 2.05) is 0 Å². The lowest BCUT2D eigenvalue weighted by Gasteiger charge is -2.36. The van der Waals surface area contributed by atoms with Gasteiger partial charge in [-0.15, -0.1) is 0 Å². The van der Waals surface area contributed by atoms with E-state index in [0.29, 0.717) is 0 Å². The lowest BCUT2D eigenvalue weighted by molar-refractivity contribution is 0.0617. The fraction of sp³-hybridized carbons (Fsp3) is 0.533. The third-order valence-electron chi connectivity index (χ3n) is 4.11. The van der Waals surface area contributed by atoms with Crippen LogP contribution in [0.3, 0.4) is 0 Å². The van der Waals surface area contributed by atoms with Crippen molar-refractivity contribution >= 4 is 11.9 Å². The maximum absolute atomic E-state index is 12.5. The van der Waals surface area contributed by atoms with Gasteiger partial charge in [0.25, 0.3) is 5.91 Å². The standard InChI is InChI=1S/C15H21N3O3/c1-3-18-9-6-11(7-10-18)17(2)14(19)13-12(15(20)21)5-4-8-16-13/h4-5,8,11H,3,6-7,9-10H2,1-2H3,(H,20,21). The molecule has 1 amide bonds. The highest BCUT2D eigenvalue weighted by molar-refractivity contribution is 6.03. The van der Waals surface area contributed by atoms with Gasteiger partial charge in [-0.3, -0.25) is 9.78 Å². The molecule has 0 aliphatic carbocycles. The molecule has 6 nitrogen and oxygen atoms in total. The molecule has 1 aliphatic heterocycles. The minimum atomic E-state index is -1.12. The molecule has 0 unspecified atom stereocenters. The van der Waals surface area contributed by atoms with E-state index in [9.17, 15) is 9.59 Å². The second kappa shape index (κ2) is 6.67. The molecule has 0 radical (unpaired) electrons. The molecule has 6 heteroatoms.